The van der Waals surface area contributed by atoms with E-state index < -0.39 is 0 Å². The third kappa shape index (κ3) is 1.88. The molecule has 2 nitrogen and oxygen atoms in total. The first-order chi connectivity index (χ1) is 8.31. The number of benzene rings is 1. The molecular weight excluding hydrogens is 224 g/mol. The van der Waals surface area contributed by atoms with Crippen LogP contribution in [0.3, 0.4) is 0 Å². The van der Waals surface area contributed by atoms with Crippen LogP contribution in [-0.4, -0.2) is 12.2 Å². The van der Waals surface area contributed by atoms with Gasteiger partial charge < -0.3 is 9.84 Å². The van der Waals surface area contributed by atoms with Gasteiger partial charge >= 0.3 is 0 Å². The van der Waals surface area contributed by atoms with Crippen molar-refractivity contribution in [2.45, 2.75) is 52.2 Å². The van der Waals surface area contributed by atoms with Crippen molar-refractivity contribution in [1.29, 1.82) is 0 Å². The molecule has 1 unspecified atom stereocenters. The summed E-state index contributed by atoms with van der Waals surface area (Å²) >= 11 is 0. The predicted molar refractivity (Wildman–Crippen MR) is 73.5 cm³/mol. The number of aliphatic hydroxyl groups excluding tert-OH is 1. The lowest BCUT2D eigenvalue weighted by Gasteiger charge is -2.42. The molecule has 0 aliphatic heterocycles. The fourth-order valence-corrected chi connectivity index (χ4v) is 2.90. The van der Waals surface area contributed by atoms with Gasteiger partial charge in [0.1, 0.15) is 0 Å². The lowest BCUT2D eigenvalue weighted by atomic mass is 9.71. The summed E-state index contributed by atoms with van der Waals surface area (Å²) in [6.07, 6.45) is 1.47. The molecular formula is C16H24O2. The van der Waals surface area contributed by atoms with E-state index in [0.717, 1.165) is 18.4 Å². The van der Waals surface area contributed by atoms with E-state index >= 15 is 0 Å². The average molecular weight is 248 g/mol. The van der Waals surface area contributed by atoms with E-state index in [1.54, 1.807) is 7.11 Å². The smallest absolute Gasteiger partial charge is 0.0950 e. The molecule has 0 heterocycles. The molecule has 0 amide bonds. The summed E-state index contributed by atoms with van der Waals surface area (Å²) in [6.45, 7) is 8.73. The fraction of sp³-hybridized carbons (Fsp3) is 0.625. The summed E-state index contributed by atoms with van der Waals surface area (Å²) in [6, 6.07) is 6.21. The van der Waals surface area contributed by atoms with E-state index in [1.807, 2.05) is 12.1 Å². The van der Waals surface area contributed by atoms with Crippen LogP contribution >= 0.6 is 0 Å². The van der Waals surface area contributed by atoms with Gasteiger partial charge in [-0.2, -0.15) is 0 Å². The summed E-state index contributed by atoms with van der Waals surface area (Å²) in [5.41, 5.74) is 3.27. The third-order valence-corrected chi connectivity index (χ3v) is 4.59. The standard InChI is InChI=1S/C16H24O2/c1-15(2,3)16(4,18-5)13-8-6-7-12-11(13)9-10-14(12)17/h6-8,14,17H,9-10H2,1-5H3/t14?,16-/m1/s1. The lowest BCUT2D eigenvalue weighted by molar-refractivity contribution is -0.0842. The van der Waals surface area contributed by atoms with E-state index in [-0.39, 0.29) is 17.1 Å². The number of hydrogen-bond acceptors (Lipinski definition) is 2. The van der Waals surface area contributed by atoms with Gasteiger partial charge in [0, 0.05) is 7.11 Å². The SMILES string of the molecule is CO[C@](C)(c1cccc2c1CCC2O)C(C)(C)C. The van der Waals surface area contributed by atoms with Crippen molar-refractivity contribution >= 4 is 0 Å². The molecule has 1 aliphatic rings. The number of methoxy groups -OCH3 is 1. The largest absolute Gasteiger partial charge is 0.388 e. The normalized spacial score (nSPS) is 22.7. The first-order valence-corrected chi connectivity index (χ1v) is 6.67. The number of fused-ring (bicyclic) bond motifs is 1. The predicted octanol–water partition coefficient (Wildman–Crippen LogP) is 3.57. The van der Waals surface area contributed by atoms with Crippen molar-refractivity contribution < 1.29 is 9.84 Å². The monoisotopic (exact) mass is 248 g/mol. The van der Waals surface area contributed by atoms with Gasteiger partial charge in [-0.1, -0.05) is 39.0 Å². The van der Waals surface area contributed by atoms with Gasteiger partial charge in [-0.3, -0.25) is 0 Å². The Morgan fingerprint density at radius 1 is 1.22 bits per heavy atom. The second-order valence-electron chi connectivity index (χ2n) is 6.42. The Morgan fingerprint density at radius 2 is 1.89 bits per heavy atom. The van der Waals surface area contributed by atoms with Crippen LogP contribution < -0.4 is 0 Å². The molecule has 0 bridgehead atoms. The third-order valence-electron chi connectivity index (χ3n) is 4.59. The highest BCUT2D eigenvalue weighted by molar-refractivity contribution is 5.43. The van der Waals surface area contributed by atoms with E-state index in [0.29, 0.717) is 0 Å². The zero-order chi connectivity index (χ0) is 13.6. The molecule has 1 aliphatic carbocycles. The van der Waals surface area contributed by atoms with Gasteiger partial charge in [0.2, 0.25) is 0 Å². The van der Waals surface area contributed by atoms with Crippen molar-refractivity contribution in [3.8, 4) is 0 Å². The van der Waals surface area contributed by atoms with Crippen LogP contribution in [0.2, 0.25) is 0 Å². The van der Waals surface area contributed by atoms with Gasteiger partial charge in [-0.25, -0.2) is 0 Å². The molecule has 18 heavy (non-hydrogen) atoms. The lowest BCUT2D eigenvalue weighted by Crippen LogP contribution is -2.39. The highest BCUT2D eigenvalue weighted by Gasteiger charge is 2.42. The first kappa shape index (κ1) is 13.6. The Kier molecular flexibility index (Phi) is 3.28. The molecule has 0 aromatic heterocycles. The van der Waals surface area contributed by atoms with Crippen LogP contribution in [0.4, 0.5) is 0 Å². The van der Waals surface area contributed by atoms with Gasteiger partial charge in [0.25, 0.3) is 0 Å². The molecule has 2 rings (SSSR count). The maximum atomic E-state index is 10.0. The minimum atomic E-state index is -0.331. The molecule has 1 aromatic carbocycles. The summed E-state index contributed by atoms with van der Waals surface area (Å²) in [5, 5.41) is 10.0. The minimum absolute atomic E-state index is 0.00438. The summed E-state index contributed by atoms with van der Waals surface area (Å²) < 4.78 is 5.87. The van der Waals surface area contributed by atoms with Crippen molar-refractivity contribution in [2.75, 3.05) is 7.11 Å². The van der Waals surface area contributed by atoms with E-state index in [2.05, 4.69) is 33.8 Å². The van der Waals surface area contributed by atoms with Crippen LogP contribution in [0.15, 0.2) is 18.2 Å². The fourth-order valence-electron chi connectivity index (χ4n) is 2.90. The zero-order valence-corrected chi connectivity index (χ0v) is 12.1. The number of ether oxygens (including phenoxy) is 1. The molecule has 0 saturated carbocycles. The Labute approximate surface area is 110 Å². The number of aliphatic hydroxyl groups is 1. The Bertz CT molecular complexity index is 445. The van der Waals surface area contributed by atoms with E-state index in [4.69, 9.17) is 4.74 Å². The summed E-state index contributed by atoms with van der Waals surface area (Å²) in [5.74, 6) is 0. The molecule has 0 spiro atoms. The zero-order valence-electron chi connectivity index (χ0n) is 12.1. The molecule has 1 aromatic rings. The molecule has 2 heteroatoms. The Balaban J connectivity index is 2.59. The van der Waals surface area contributed by atoms with Crippen molar-refractivity contribution in [3.05, 3.63) is 34.9 Å². The molecule has 0 saturated heterocycles. The van der Waals surface area contributed by atoms with Gasteiger partial charge in [0.15, 0.2) is 0 Å². The van der Waals surface area contributed by atoms with Gasteiger partial charge in [-0.05, 0) is 41.9 Å². The topological polar surface area (TPSA) is 29.5 Å². The Morgan fingerprint density at radius 3 is 2.44 bits per heavy atom. The summed E-state index contributed by atoms with van der Waals surface area (Å²) in [7, 11) is 1.77. The van der Waals surface area contributed by atoms with Crippen molar-refractivity contribution in [3.63, 3.8) is 0 Å². The van der Waals surface area contributed by atoms with Gasteiger partial charge in [0.05, 0.1) is 11.7 Å². The van der Waals surface area contributed by atoms with Crippen LogP contribution in [0.1, 0.15) is 56.9 Å². The second kappa shape index (κ2) is 4.36. The minimum Gasteiger partial charge on any atom is -0.388 e. The number of hydrogen-bond donors (Lipinski definition) is 1. The van der Waals surface area contributed by atoms with Crippen LogP contribution in [-0.2, 0) is 16.8 Å². The maximum Gasteiger partial charge on any atom is 0.0950 e. The van der Waals surface area contributed by atoms with Crippen LogP contribution in [0, 0.1) is 5.41 Å². The van der Waals surface area contributed by atoms with E-state index in [9.17, 15) is 5.11 Å². The average Bonchev–Trinajstić information content (AvgIpc) is 2.69. The maximum absolute atomic E-state index is 10.0. The highest BCUT2D eigenvalue weighted by Crippen LogP contribution is 2.46. The Hall–Kier alpha value is -0.860. The molecule has 0 fully saturated rings. The van der Waals surface area contributed by atoms with Crippen molar-refractivity contribution in [1.82, 2.24) is 0 Å². The van der Waals surface area contributed by atoms with Gasteiger partial charge in [-0.15, -0.1) is 0 Å². The summed E-state index contributed by atoms with van der Waals surface area (Å²) in [4.78, 5) is 0. The molecule has 100 valence electrons. The second-order valence-corrected chi connectivity index (χ2v) is 6.42. The van der Waals surface area contributed by atoms with Crippen LogP contribution in [0.25, 0.3) is 0 Å². The molecule has 1 N–H and O–H groups in total. The van der Waals surface area contributed by atoms with Crippen LogP contribution in [0.5, 0.6) is 0 Å². The van der Waals surface area contributed by atoms with E-state index in [1.165, 1.54) is 11.1 Å². The molecule has 0 radical (unpaired) electrons. The first-order valence-electron chi connectivity index (χ1n) is 6.67. The highest BCUT2D eigenvalue weighted by atomic mass is 16.5. The number of rotatable bonds is 2. The van der Waals surface area contributed by atoms with Crippen molar-refractivity contribution in [2.24, 2.45) is 5.41 Å². The molecule has 2 atom stereocenters. The quantitative estimate of drug-likeness (QED) is 0.867.